The Morgan fingerprint density at radius 3 is 2.38 bits per heavy atom. The quantitative estimate of drug-likeness (QED) is 0.751. The molecule has 0 unspecified atom stereocenters. The maximum atomic E-state index is 11.6. The van der Waals surface area contributed by atoms with Crippen molar-refractivity contribution >= 4 is 5.91 Å². The molecular formula is C12H24N2O2. The molecule has 1 saturated heterocycles. The van der Waals surface area contributed by atoms with Gasteiger partial charge in [-0.25, -0.2) is 0 Å². The van der Waals surface area contributed by atoms with Gasteiger partial charge in [-0.1, -0.05) is 20.8 Å². The molecule has 0 aromatic heterocycles. The Morgan fingerprint density at radius 1 is 1.38 bits per heavy atom. The highest BCUT2D eigenvalue weighted by molar-refractivity contribution is 5.81. The summed E-state index contributed by atoms with van der Waals surface area (Å²) in [6, 6.07) is 0. The molecule has 4 nitrogen and oxygen atoms in total. The van der Waals surface area contributed by atoms with Crippen LogP contribution in [0.25, 0.3) is 0 Å². The molecular weight excluding hydrogens is 204 g/mol. The lowest BCUT2D eigenvalue weighted by molar-refractivity contribution is -0.133. The van der Waals surface area contributed by atoms with Gasteiger partial charge in [0, 0.05) is 26.3 Å². The van der Waals surface area contributed by atoms with Crippen molar-refractivity contribution in [3.8, 4) is 0 Å². The molecule has 1 rings (SSSR count). The molecule has 1 heterocycles. The lowest BCUT2D eigenvalue weighted by Crippen LogP contribution is -2.49. The predicted molar refractivity (Wildman–Crippen MR) is 64.0 cm³/mol. The van der Waals surface area contributed by atoms with Crippen LogP contribution >= 0.6 is 0 Å². The number of nitrogens with two attached hydrogens (primary N) is 1. The zero-order valence-electron chi connectivity index (χ0n) is 10.6. The third-order valence-corrected chi connectivity index (χ3v) is 3.09. The van der Waals surface area contributed by atoms with Crippen molar-refractivity contribution < 1.29 is 9.53 Å². The molecule has 1 fully saturated rings. The lowest BCUT2D eigenvalue weighted by atomic mass is 9.79. The van der Waals surface area contributed by atoms with Crippen molar-refractivity contribution in [2.24, 2.45) is 16.6 Å². The molecule has 0 spiro atoms. The summed E-state index contributed by atoms with van der Waals surface area (Å²) in [6.45, 7) is 9.34. The number of rotatable bonds is 4. The molecule has 0 aromatic rings. The predicted octanol–water partition coefficient (Wildman–Crippen LogP) is 0.904. The van der Waals surface area contributed by atoms with Crippen LogP contribution in [0.2, 0.25) is 0 Å². The first-order chi connectivity index (χ1) is 7.36. The number of amides is 1. The fourth-order valence-electron chi connectivity index (χ4n) is 1.95. The van der Waals surface area contributed by atoms with E-state index in [0.29, 0.717) is 19.8 Å². The first-order valence-electron chi connectivity index (χ1n) is 5.94. The second kappa shape index (κ2) is 5.15. The number of carbonyl (C=O) groups excluding carboxylic acids is 1. The third-order valence-electron chi connectivity index (χ3n) is 3.09. The Kier molecular flexibility index (Phi) is 4.33. The van der Waals surface area contributed by atoms with E-state index >= 15 is 0 Å². The summed E-state index contributed by atoms with van der Waals surface area (Å²) in [6.07, 6.45) is 1.47. The number of nitrogens with one attached hydrogen (secondary N) is 1. The zero-order valence-corrected chi connectivity index (χ0v) is 10.6. The van der Waals surface area contributed by atoms with E-state index in [2.05, 4.69) is 26.1 Å². The summed E-state index contributed by atoms with van der Waals surface area (Å²) in [5.41, 5.74) is 5.34. The smallest absolute Gasteiger partial charge is 0.225 e. The summed E-state index contributed by atoms with van der Waals surface area (Å²) >= 11 is 0. The van der Waals surface area contributed by atoms with Gasteiger partial charge in [-0.15, -0.1) is 0 Å². The Bertz CT molecular complexity index is 240. The standard InChI is InChI=1S/C12H24N2O2/c1-11(2,3)8-14-9-12(10(13)15)4-6-16-7-5-12/h14H,4-9H2,1-3H3,(H2,13,15). The summed E-state index contributed by atoms with van der Waals surface area (Å²) in [5.74, 6) is -0.197. The van der Waals surface area contributed by atoms with Crippen LogP contribution in [0.5, 0.6) is 0 Å². The van der Waals surface area contributed by atoms with Crippen molar-refractivity contribution in [1.29, 1.82) is 0 Å². The third kappa shape index (κ3) is 3.76. The summed E-state index contributed by atoms with van der Waals surface area (Å²) in [4.78, 5) is 11.6. The summed E-state index contributed by atoms with van der Waals surface area (Å²) in [7, 11) is 0. The van der Waals surface area contributed by atoms with Gasteiger partial charge in [0.2, 0.25) is 5.91 Å². The molecule has 1 aliphatic rings. The van der Waals surface area contributed by atoms with Crippen molar-refractivity contribution in [2.45, 2.75) is 33.6 Å². The van der Waals surface area contributed by atoms with Gasteiger partial charge in [-0.2, -0.15) is 0 Å². The maximum Gasteiger partial charge on any atom is 0.225 e. The molecule has 0 bridgehead atoms. The van der Waals surface area contributed by atoms with Crippen LogP contribution in [-0.2, 0) is 9.53 Å². The van der Waals surface area contributed by atoms with Crippen LogP contribution in [0, 0.1) is 10.8 Å². The fraction of sp³-hybridized carbons (Fsp3) is 0.917. The van der Waals surface area contributed by atoms with E-state index in [1.54, 1.807) is 0 Å². The summed E-state index contributed by atoms with van der Waals surface area (Å²) in [5, 5.41) is 3.36. The number of ether oxygens (including phenoxy) is 1. The Labute approximate surface area is 97.9 Å². The SMILES string of the molecule is CC(C)(C)CNCC1(C(N)=O)CCOCC1. The van der Waals surface area contributed by atoms with E-state index in [9.17, 15) is 4.79 Å². The Balaban J connectivity index is 2.48. The largest absolute Gasteiger partial charge is 0.381 e. The van der Waals surface area contributed by atoms with Gasteiger partial charge in [-0.3, -0.25) is 4.79 Å². The van der Waals surface area contributed by atoms with E-state index in [0.717, 1.165) is 19.4 Å². The average molecular weight is 228 g/mol. The van der Waals surface area contributed by atoms with Crippen LogP contribution < -0.4 is 11.1 Å². The first-order valence-corrected chi connectivity index (χ1v) is 5.94. The zero-order chi connectivity index (χ0) is 12.2. The molecule has 0 atom stereocenters. The van der Waals surface area contributed by atoms with Crippen molar-refractivity contribution in [3.63, 3.8) is 0 Å². The average Bonchev–Trinajstić information content (AvgIpc) is 2.17. The van der Waals surface area contributed by atoms with Crippen LogP contribution in [0.15, 0.2) is 0 Å². The molecule has 0 aliphatic carbocycles. The van der Waals surface area contributed by atoms with Gasteiger partial charge in [0.05, 0.1) is 5.41 Å². The number of carbonyl (C=O) groups is 1. The number of primary amides is 1. The van der Waals surface area contributed by atoms with Gasteiger partial charge < -0.3 is 15.8 Å². The van der Waals surface area contributed by atoms with Crippen molar-refractivity contribution in [1.82, 2.24) is 5.32 Å². The van der Waals surface area contributed by atoms with Gasteiger partial charge in [0.25, 0.3) is 0 Å². The van der Waals surface area contributed by atoms with Gasteiger partial charge in [0.15, 0.2) is 0 Å². The molecule has 94 valence electrons. The monoisotopic (exact) mass is 228 g/mol. The number of hydrogen-bond donors (Lipinski definition) is 2. The molecule has 1 aliphatic heterocycles. The van der Waals surface area contributed by atoms with E-state index in [1.165, 1.54) is 0 Å². The fourth-order valence-corrected chi connectivity index (χ4v) is 1.95. The second-order valence-corrected chi connectivity index (χ2v) is 5.92. The van der Waals surface area contributed by atoms with Crippen molar-refractivity contribution in [2.75, 3.05) is 26.3 Å². The highest BCUT2D eigenvalue weighted by Gasteiger charge is 2.38. The number of hydrogen-bond acceptors (Lipinski definition) is 3. The molecule has 4 heteroatoms. The molecule has 1 amide bonds. The topological polar surface area (TPSA) is 64.3 Å². The highest BCUT2D eigenvalue weighted by atomic mass is 16.5. The van der Waals surface area contributed by atoms with Crippen LogP contribution in [-0.4, -0.2) is 32.2 Å². The molecule has 0 saturated carbocycles. The lowest BCUT2D eigenvalue weighted by Gasteiger charge is -2.35. The maximum absolute atomic E-state index is 11.6. The van der Waals surface area contributed by atoms with E-state index in [-0.39, 0.29) is 11.3 Å². The van der Waals surface area contributed by atoms with E-state index in [4.69, 9.17) is 10.5 Å². The summed E-state index contributed by atoms with van der Waals surface area (Å²) < 4.78 is 5.29. The Hall–Kier alpha value is -0.610. The minimum atomic E-state index is -0.399. The van der Waals surface area contributed by atoms with Crippen LogP contribution in [0.1, 0.15) is 33.6 Å². The van der Waals surface area contributed by atoms with Crippen LogP contribution in [0.4, 0.5) is 0 Å². The first kappa shape index (κ1) is 13.5. The van der Waals surface area contributed by atoms with Crippen molar-refractivity contribution in [3.05, 3.63) is 0 Å². The molecule has 0 radical (unpaired) electrons. The molecule has 0 aromatic carbocycles. The molecule has 16 heavy (non-hydrogen) atoms. The van der Waals surface area contributed by atoms with Gasteiger partial charge >= 0.3 is 0 Å². The van der Waals surface area contributed by atoms with Gasteiger partial charge in [-0.05, 0) is 18.3 Å². The normalized spacial score (nSPS) is 20.7. The second-order valence-electron chi connectivity index (χ2n) is 5.92. The Morgan fingerprint density at radius 2 is 1.94 bits per heavy atom. The molecule has 3 N–H and O–H groups in total. The van der Waals surface area contributed by atoms with E-state index in [1.807, 2.05) is 0 Å². The minimum Gasteiger partial charge on any atom is -0.381 e. The minimum absolute atomic E-state index is 0.197. The van der Waals surface area contributed by atoms with Crippen LogP contribution in [0.3, 0.4) is 0 Å². The van der Waals surface area contributed by atoms with Gasteiger partial charge in [0.1, 0.15) is 0 Å². The highest BCUT2D eigenvalue weighted by Crippen LogP contribution is 2.29. The van der Waals surface area contributed by atoms with E-state index < -0.39 is 5.41 Å².